The molecular weight excluding hydrogens is 300 g/mol. The van der Waals surface area contributed by atoms with Gasteiger partial charge in [0.1, 0.15) is 0 Å². The highest BCUT2D eigenvalue weighted by Crippen LogP contribution is 2.13. The summed E-state index contributed by atoms with van der Waals surface area (Å²) in [5.41, 5.74) is 5.54. The quantitative estimate of drug-likeness (QED) is 0.830. The van der Waals surface area contributed by atoms with Gasteiger partial charge >= 0.3 is 0 Å². The molecule has 0 fully saturated rings. The van der Waals surface area contributed by atoms with E-state index in [1.807, 2.05) is 68.0 Å². The maximum atomic E-state index is 11.9. The Labute approximate surface area is 144 Å². The van der Waals surface area contributed by atoms with Gasteiger partial charge in [0.2, 0.25) is 5.91 Å². The lowest BCUT2D eigenvalue weighted by Gasteiger charge is -2.11. The van der Waals surface area contributed by atoms with E-state index in [0.29, 0.717) is 6.54 Å². The number of rotatable bonds is 6. The smallest absolute Gasteiger partial charge is 0.244 e. The highest BCUT2D eigenvalue weighted by atomic mass is 16.1. The van der Waals surface area contributed by atoms with Crippen LogP contribution in [0.15, 0.2) is 30.3 Å². The fourth-order valence-electron chi connectivity index (χ4n) is 2.60. The van der Waals surface area contributed by atoms with Gasteiger partial charge < -0.3 is 10.2 Å². The molecule has 1 N–H and O–H groups in total. The van der Waals surface area contributed by atoms with Crippen molar-refractivity contribution >= 4 is 17.7 Å². The molecule has 0 saturated carbocycles. The standard InChI is InChI=1S/C19H26N4O/c1-14-18(15(2)23(5)21-14)12-13-20-19(24)11-8-16-6-9-17(10-7-16)22(3)4/h6-11H,12-13H2,1-5H3,(H,20,24)/b11-8+. The Morgan fingerprint density at radius 1 is 1.25 bits per heavy atom. The van der Waals surface area contributed by atoms with Crippen LogP contribution in [0.4, 0.5) is 5.69 Å². The monoisotopic (exact) mass is 326 g/mol. The fraction of sp³-hybridized carbons (Fsp3) is 0.368. The van der Waals surface area contributed by atoms with Gasteiger partial charge in [-0.05, 0) is 49.6 Å². The molecular formula is C19H26N4O. The second-order valence-electron chi connectivity index (χ2n) is 6.13. The number of nitrogens with one attached hydrogen (secondary N) is 1. The summed E-state index contributed by atoms with van der Waals surface area (Å²) in [6.45, 7) is 4.66. The number of aromatic nitrogens is 2. The molecule has 0 aliphatic heterocycles. The van der Waals surface area contributed by atoms with E-state index in [2.05, 4.69) is 17.3 Å². The largest absolute Gasteiger partial charge is 0.378 e. The Balaban J connectivity index is 1.84. The van der Waals surface area contributed by atoms with Crippen LogP contribution in [0.5, 0.6) is 0 Å². The number of amides is 1. The first-order chi connectivity index (χ1) is 11.4. The summed E-state index contributed by atoms with van der Waals surface area (Å²) in [6, 6.07) is 8.07. The van der Waals surface area contributed by atoms with Gasteiger partial charge in [0.15, 0.2) is 0 Å². The van der Waals surface area contributed by atoms with Crippen molar-refractivity contribution in [2.75, 3.05) is 25.5 Å². The van der Waals surface area contributed by atoms with Crippen LogP contribution in [0.3, 0.4) is 0 Å². The molecule has 24 heavy (non-hydrogen) atoms. The lowest BCUT2D eigenvalue weighted by molar-refractivity contribution is -0.116. The highest BCUT2D eigenvalue weighted by molar-refractivity contribution is 5.91. The Bertz CT molecular complexity index is 727. The number of nitrogens with zero attached hydrogens (tertiary/aromatic N) is 3. The van der Waals surface area contributed by atoms with Crippen molar-refractivity contribution < 1.29 is 4.79 Å². The topological polar surface area (TPSA) is 50.2 Å². The van der Waals surface area contributed by atoms with Gasteiger partial charge in [-0.3, -0.25) is 9.48 Å². The molecule has 0 bridgehead atoms. The summed E-state index contributed by atoms with van der Waals surface area (Å²) in [5.74, 6) is -0.0779. The number of hydrogen-bond acceptors (Lipinski definition) is 3. The minimum Gasteiger partial charge on any atom is -0.378 e. The van der Waals surface area contributed by atoms with E-state index in [1.165, 1.54) is 5.56 Å². The van der Waals surface area contributed by atoms with Crippen LogP contribution in [0, 0.1) is 13.8 Å². The number of carbonyl (C=O) groups excluding carboxylic acids is 1. The molecule has 0 radical (unpaired) electrons. The van der Waals surface area contributed by atoms with Crippen LogP contribution < -0.4 is 10.2 Å². The zero-order valence-corrected chi connectivity index (χ0v) is 15.1. The molecule has 5 heteroatoms. The normalized spacial score (nSPS) is 11.0. The van der Waals surface area contributed by atoms with Gasteiger partial charge in [0.05, 0.1) is 5.69 Å². The van der Waals surface area contributed by atoms with Crippen molar-refractivity contribution in [3.63, 3.8) is 0 Å². The number of anilines is 1. The molecule has 0 unspecified atom stereocenters. The highest BCUT2D eigenvalue weighted by Gasteiger charge is 2.08. The summed E-state index contributed by atoms with van der Waals surface area (Å²) in [5, 5.41) is 7.31. The molecule has 0 saturated heterocycles. The van der Waals surface area contributed by atoms with E-state index in [4.69, 9.17) is 0 Å². The number of hydrogen-bond donors (Lipinski definition) is 1. The third-order valence-electron chi connectivity index (χ3n) is 4.17. The Kier molecular flexibility index (Phi) is 5.79. The van der Waals surface area contributed by atoms with E-state index >= 15 is 0 Å². The molecule has 0 aliphatic rings. The molecule has 0 atom stereocenters. The molecule has 5 nitrogen and oxygen atoms in total. The minimum atomic E-state index is -0.0779. The molecule has 2 rings (SSSR count). The summed E-state index contributed by atoms with van der Waals surface area (Å²) in [4.78, 5) is 14.0. The maximum Gasteiger partial charge on any atom is 0.244 e. The van der Waals surface area contributed by atoms with E-state index in [9.17, 15) is 4.79 Å². The molecule has 1 heterocycles. The Morgan fingerprint density at radius 3 is 2.46 bits per heavy atom. The van der Waals surface area contributed by atoms with Crippen molar-refractivity contribution in [1.82, 2.24) is 15.1 Å². The molecule has 0 spiro atoms. The van der Waals surface area contributed by atoms with Crippen LogP contribution in [0.25, 0.3) is 6.08 Å². The fourth-order valence-corrected chi connectivity index (χ4v) is 2.60. The molecule has 2 aromatic rings. The van der Waals surface area contributed by atoms with E-state index < -0.39 is 0 Å². The number of aryl methyl sites for hydroxylation is 2. The van der Waals surface area contributed by atoms with Gasteiger partial charge in [-0.2, -0.15) is 5.10 Å². The first kappa shape index (κ1) is 17.8. The number of carbonyl (C=O) groups is 1. The Morgan fingerprint density at radius 2 is 1.92 bits per heavy atom. The molecule has 128 valence electrons. The predicted octanol–water partition coefficient (Wildman–Crippen LogP) is 2.48. The predicted molar refractivity (Wildman–Crippen MR) is 99.2 cm³/mol. The van der Waals surface area contributed by atoms with Gasteiger partial charge in [-0.1, -0.05) is 12.1 Å². The zero-order chi connectivity index (χ0) is 17.7. The third-order valence-corrected chi connectivity index (χ3v) is 4.17. The third kappa shape index (κ3) is 4.47. The molecule has 0 aliphatic carbocycles. The second-order valence-corrected chi connectivity index (χ2v) is 6.13. The van der Waals surface area contributed by atoms with Crippen molar-refractivity contribution in [3.8, 4) is 0 Å². The van der Waals surface area contributed by atoms with Crippen molar-refractivity contribution in [3.05, 3.63) is 52.9 Å². The molecule has 1 aromatic heterocycles. The summed E-state index contributed by atoms with van der Waals surface area (Å²) >= 11 is 0. The summed E-state index contributed by atoms with van der Waals surface area (Å²) < 4.78 is 1.88. The zero-order valence-electron chi connectivity index (χ0n) is 15.1. The lowest BCUT2D eigenvalue weighted by atomic mass is 10.1. The van der Waals surface area contributed by atoms with Gasteiger partial charge in [-0.25, -0.2) is 0 Å². The second kappa shape index (κ2) is 7.81. The van der Waals surface area contributed by atoms with Crippen LogP contribution in [0.2, 0.25) is 0 Å². The first-order valence-corrected chi connectivity index (χ1v) is 8.11. The van der Waals surface area contributed by atoms with Crippen molar-refractivity contribution in [2.45, 2.75) is 20.3 Å². The van der Waals surface area contributed by atoms with Crippen LogP contribution in [-0.2, 0) is 18.3 Å². The van der Waals surface area contributed by atoms with Gasteiger partial charge in [-0.15, -0.1) is 0 Å². The van der Waals surface area contributed by atoms with Crippen LogP contribution in [0.1, 0.15) is 22.5 Å². The lowest BCUT2D eigenvalue weighted by Crippen LogP contribution is -2.23. The van der Waals surface area contributed by atoms with Crippen molar-refractivity contribution in [2.24, 2.45) is 7.05 Å². The number of benzene rings is 1. The van der Waals surface area contributed by atoms with E-state index in [-0.39, 0.29) is 5.91 Å². The molecule has 1 amide bonds. The van der Waals surface area contributed by atoms with Crippen LogP contribution >= 0.6 is 0 Å². The molecule has 1 aromatic carbocycles. The maximum absolute atomic E-state index is 11.9. The van der Waals surface area contributed by atoms with Gasteiger partial charge in [0.25, 0.3) is 0 Å². The van der Waals surface area contributed by atoms with E-state index in [1.54, 1.807) is 6.08 Å². The van der Waals surface area contributed by atoms with E-state index in [0.717, 1.165) is 29.1 Å². The average Bonchev–Trinajstić information content (AvgIpc) is 2.79. The summed E-state index contributed by atoms with van der Waals surface area (Å²) in [7, 11) is 5.95. The van der Waals surface area contributed by atoms with Crippen molar-refractivity contribution in [1.29, 1.82) is 0 Å². The first-order valence-electron chi connectivity index (χ1n) is 8.11. The van der Waals surface area contributed by atoms with Gasteiger partial charge in [0, 0.05) is 45.1 Å². The van der Waals surface area contributed by atoms with Crippen LogP contribution in [-0.4, -0.2) is 36.3 Å². The minimum absolute atomic E-state index is 0.0779. The average molecular weight is 326 g/mol. The summed E-state index contributed by atoms with van der Waals surface area (Å²) in [6.07, 6.45) is 4.20. The SMILES string of the molecule is Cc1nn(C)c(C)c1CCNC(=O)/C=C/c1ccc(N(C)C)cc1. The Hall–Kier alpha value is -2.56.